The fraction of sp³-hybridized carbons (Fsp3) is 0.267. The van der Waals surface area contributed by atoms with E-state index in [0.717, 1.165) is 5.56 Å². The van der Waals surface area contributed by atoms with Crippen LogP contribution in [0.2, 0.25) is 5.02 Å². The zero-order chi connectivity index (χ0) is 15.7. The number of carbonyl (C=O) groups is 1. The van der Waals surface area contributed by atoms with E-state index in [4.69, 9.17) is 16.3 Å². The minimum Gasteiger partial charge on any atom is -0.495 e. The Morgan fingerprint density at radius 3 is 2.57 bits per heavy atom. The molecule has 110 valence electrons. The molecule has 2 aromatic heterocycles. The minimum absolute atomic E-state index is 0.00341. The first-order valence-electron chi connectivity index (χ1n) is 6.31. The predicted molar refractivity (Wildman–Crippen MR) is 80.9 cm³/mol. The molecule has 0 aromatic carbocycles. The number of rotatable bonds is 3. The molecular weight excluding hydrogens is 292 g/mol. The lowest BCUT2D eigenvalue weighted by molar-refractivity contribution is 0.101. The first-order valence-corrected chi connectivity index (χ1v) is 6.68. The lowest BCUT2D eigenvalue weighted by Crippen LogP contribution is -2.22. The third kappa shape index (κ3) is 2.69. The number of carbonyl (C=O) groups excluding carboxylic acids is 1. The number of halogens is 1. The normalized spacial score (nSPS) is 10.5. The Morgan fingerprint density at radius 1 is 1.33 bits per heavy atom. The Kier molecular flexibility index (Phi) is 4.14. The average Bonchev–Trinajstić information content (AvgIpc) is 2.44. The quantitative estimate of drug-likeness (QED) is 0.818. The van der Waals surface area contributed by atoms with Crippen LogP contribution in [-0.2, 0) is 0 Å². The van der Waals surface area contributed by atoms with Gasteiger partial charge in [0.25, 0.3) is 5.56 Å². The molecule has 0 saturated carbocycles. The lowest BCUT2D eigenvalue weighted by Gasteiger charge is -2.15. The van der Waals surface area contributed by atoms with E-state index in [1.165, 1.54) is 18.6 Å². The van der Waals surface area contributed by atoms with Gasteiger partial charge in [-0.25, -0.2) is 0 Å². The van der Waals surface area contributed by atoms with Gasteiger partial charge in [-0.15, -0.1) is 0 Å². The number of aromatic nitrogens is 2. The molecule has 0 aliphatic carbocycles. The zero-order valence-corrected chi connectivity index (χ0v) is 13.0. The van der Waals surface area contributed by atoms with Crippen molar-refractivity contribution in [3.05, 3.63) is 50.7 Å². The largest absolute Gasteiger partial charge is 0.495 e. The Labute approximate surface area is 127 Å². The minimum atomic E-state index is -0.391. The number of ketones is 1. The predicted octanol–water partition coefficient (Wildman–Crippen LogP) is 2.71. The van der Waals surface area contributed by atoms with E-state index in [-0.39, 0.29) is 10.8 Å². The van der Waals surface area contributed by atoms with Crippen molar-refractivity contribution in [2.75, 3.05) is 7.11 Å². The monoisotopic (exact) mass is 306 g/mol. The molecule has 0 amide bonds. The van der Waals surface area contributed by atoms with Gasteiger partial charge in [0, 0.05) is 24.9 Å². The van der Waals surface area contributed by atoms with Crippen molar-refractivity contribution in [1.82, 2.24) is 9.55 Å². The molecular formula is C15H15ClN2O3. The van der Waals surface area contributed by atoms with Gasteiger partial charge in [-0.05, 0) is 25.5 Å². The molecule has 5 nitrogen and oxygen atoms in total. The van der Waals surface area contributed by atoms with Gasteiger partial charge in [-0.2, -0.15) is 0 Å². The van der Waals surface area contributed by atoms with Crippen LogP contribution in [0.3, 0.4) is 0 Å². The summed E-state index contributed by atoms with van der Waals surface area (Å²) in [4.78, 5) is 28.0. The van der Waals surface area contributed by atoms with Crippen LogP contribution < -0.4 is 10.3 Å². The SMILES string of the molecule is COc1cc(C)n(-c2cc(C(C)=O)ncc2C)c(=O)c1Cl. The van der Waals surface area contributed by atoms with E-state index < -0.39 is 5.56 Å². The second kappa shape index (κ2) is 5.69. The number of aryl methyl sites for hydroxylation is 2. The second-order valence-electron chi connectivity index (χ2n) is 4.72. The summed E-state index contributed by atoms with van der Waals surface area (Å²) >= 11 is 6.03. The van der Waals surface area contributed by atoms with Crippen molar-refractivity contribution in [2.45, 2.75) is 20.8 Å². The smallest absolute Gasteiger partial charge is 0.277 e. The van der Waals surface area contributed by atoms with E-state index in [2.05, 4.69) is 4.98 Å². The first-order chi connectivity index (χ1) is 9.86. The summed E-state index contributed by atoms with van der Waals surface area (Å²) in [5, 5.41) is 0.00341. The molecule has 2 heterocycles. The Morgan fingerprint density at radius 2 is 2.00 bits per heavy atom. The molecule has 0 spiro atoms. The van der Waals surface area contributed by atoms with E-state index >= 15 is 0 Å². The average molecular weight is 307 g/mol. The number of ether oxygens (including phenoxy) is 1. The second-order valence-corrected chi connectivity index (χ2v) is 5.10. The van der Waals surface area contributed by atoms with Gasteiger partial charge in [0.05, 0.1) is 12.8 Å². The standard InChI is InChI=1S/C15H15ClN2O3/c1-8-7-17-11(10(3)19)6-12(8)18-9(2)5-13(21-4)14(16)15(18)20/h5-7H,1-4H3. The van der Waals surface area contributed by atoms with Gasteiger partial charge in [0.1, 0.15) is 16.5 Å². The van der Waals surface area contributed by atoms with Crippen LogP contribution in [0.15, 0.2) is 23.1 Å². The van der Waals surface area contributed by atoms with Crippen LogP contribution in [-0.4, -0.2) is 22.4 Å². The molecule has 0 fully saturated rings. The van der Waals surface area contributed by atoms with Gasteiger partial charge in [-0.1, -0.05) is 11.6 Å². The maximum Gasteiger partial charge on any atom is 0.277 e. The Bertz CT molecular complexity index is 781. The van der Waals surface area contributed by atoms with E-state index in [0.29, 0.717) is 22.8 Å². The third-order valence-corrected chi connectivity index (χ3v) is 3.54. The van der Waals surface area contributed by atoms with Crippen molar-refractivity contribution in [3.63, 3.8) is 0 Å². The lowest BCUT2D eigenvalue weighted by atomic mass is 10.1. The number of pyridine rings is 2. The molecule has 0 aliphatic rings. The van der Waals surface area contributed by atoms with E-state index in [1.807, 2.05) is 6.92 Å². The molecule has 21 heavy (non-hydrogen) atoms. The van der Waals surface area contributed by atoms with Gasteiger partial charge in [0.15, 0.2) is 5.78 Å². The fourth-order valence-electron chi connectivity index (χ4n) is 2.08. The van der Waals surface area contributed by atoms with Crippen molar-refractivity contribution >= 4 is 17.4 Å². The van der Waals surface area contributed by atoms with Crippen molar-refractivity contribution in [2.24, 2.45) is 0 Å². The fourth-order valence-corrected chi connectivity index (χ4v) is 2.29. The summed E-state index contributed by atoms with van der Waals surface area (Å²) < 4.78 is 6.53. The first kappa shape index (κ1) is 15.3. The highest BCUT2D eigenvalue weighted by Gasteiger charge is 2.15. The summed E-state index contributed by atoms with van der Waals surface area (Å²) in [6, 6.07) is 3.27. The van der Waals surface area contributed by atoms with Crippen LogP contribution in [0, 0.1) is 13.8 Å². The molecule has 0 aliphatic heterocycles. The van der Waals surface area contributed by atoms with Crippen molar-refractivity contribution < 1.29 is 9.53 Å². The number of nitrogens with zero attached hydrogens (tertiary/aromatic N) is 2. The molecule has 2 rings (SSSR count). The zero-order valence-electron chi connectivity index (χ0n) is 12.2. The molecule has 0 atom stereocenters. The van der Waals surface area contributed by atoms with Crippen LogP contribution in [0.4, 0.5) is 0 Å². The molecule has 0 saturated heterocycles. The van der Waals surface area contributed by atoms with E-state index in [9.17, 15) is 9.59 Å². The molecule has 6 heteroatoms. The van der Waals surface area contributed by atoms with Gasteiger partial charge < -0.3 is 4.74 Å². The van der Waals surface area contributed by atoms with Gasteiger partial charge >= 0.3 is 0 Å². The highest BCUT2D eigenvalue weighted by Crippen LogP contribution is 2.24. The van der Waals surface area contributed by atoms with Crippen molar-refractivity contribution in [1.29, 1.82) is 0 Å². The number of Topliss-reactive ketones (excluding diaryl/α,β-unsaturated/α-hetero) is 1. The van der Waals surface area contributed by atoms with Crippen molar-refractivity contribution in [3.8, 4) is 11.4 Å². The summed E-state index contributed by atoms with van der Waals surface area (Å²) in [6.07, 6.45) is 1.57. The maximum absolute atomic E-state index is 12.4. The van der Waals surface area contributed by atoms with Crippen LogP contribution in [0.25, 0.3) is 5.69 Å². The summed E-state index contributed by atoms with van der Waals surface area (Å²) in [5.41, 5.74) is 1.92. The molecule has 0 bridgehead atoms. The van der Waals surface area contributed by atoms with E-state index in [1.54, 1.807) is 25.3 Å². The summed E-state index contributed by atoms with van der Waals surface area (Å²) in [7, 11) is 1.45. The Hall–Kier alpha value is -2.14. The van der Waals surface area contributed by atoms with Crippen LogP contribution in [0.1, 0.15) is 28.7 Å². The highest BCUT2D eigenvalue weighted by atomic mass is 35.5. The number of hydrogen-bond donors (Lipinski definition) is 0. The van der Waals surface area contributed by atoms with Crippen LogP contribution >= 0.6 is 11.6 Å². The molecule has 0 unspecified atom stereocenters. The molecule has 0 N–H and O–H groups in total. The van der Waals surface area contributed by atoms with Crippen LogP contribution in [0.5, 0.6) is 5.75 Å². The number of methoxy groups -OCH3 is 1. The molecule has 2 aromatic rings. The number of hydrogen-bond acceptors (Lipinski definition) is 4. The summed E-state index contributed by atoms with van der Waals surface area (Å²) in [5.74, 6) is 0.162. The topological polar surface area (TPSA) is 61.2 Å². The highest BCUT2D eigenvalue weighted by molar-refractivity contribution is 6.31. The summed E-state index contributed by atoms with van der Waals surface area (Å²) in [6.45, 7) is 5.02. The van der Waals surface area contributed by atoms with Gasteiger partial charge in [0.2, 0.25) is 0 Å². The van der Waals surface area contributed by atoms with Gasteiger partial charge in [-0.3, -0.25) is 19.1 Å². The maximum atomic E-state index is 12.4. The third-order valence-electron chi connectivity index (χ3n) is 3.20. The molecule has 0 radical (unpaired) electrons. The Balaban J connectivity index is 2.79.